The molecule has 0 amide bonds. The molecule has 3 N–H and O–H groups in total. The van der Waals surface area contributed by atoms with E-state index in [-0.39, 0.29) is 12.2 Å². The fourth-order valence-electron chi connectivity index (χ4n) is 2.60. The number of carbonyl (C=O) groups is 1. The molecule has 21 heavy (non-hydrogen) atoms. The first-order valence-corrected chi connectivity index (χ1v) is 6.73. The molecule has 0 heterocycles. The van der Waals surface area contributed by atoms with Gasteiger partial charge in [-0.05, 0) is 59.9 Å². The van der Waals surface area contributed by atoms with Crippen molar-refractivity contribution < 1.29 is 14.3 Å². The Hall–Kier alpha value is -2.20. The number of benzene rings is 2. The maximum absolute atomic E-state index is 13.4. The average molecular weight is 287 g/mol. The predicted molar refractivity (Wildman–Crippen MR) is 80.5 cm³/mol. The van der Waals surface area contributed by atoms with Gasteiger partial charge in [-0.3, -0.25) is 4.79 Å². The molecule has 1 atom stereocenters. The molecule has 0 saturated carbocycles. The summed E-state index contributed by atoms with van der Waals surface area (Å²) in [5.41, 5.74) is 10.2. The lowest BCUT2D eigenvalue weighted by atomic mass is 9.93. The van der Waals surface area contributed by atoms with Gasteiger partial charge in [-0.25, -0.2) is 4.39 Å². The highest BCUT2D eigenvalue weighted by Crippen LogP contribution is 2.30. The lowest BCUT2D eigenvalue weighted by Crippen LogP contribution is -2.14. The van der Waals surface area contributed by atoms with Crippen LogP contribution in [-0.2, 0) is 4.79 Å². The van der Waals surface area contributed by atoms with E-state index in [1.165, 1.54) is 12.1 Å². The summed E-state index contributed by atoms with van der Waals surface area (Å²) >= 11 is 0. The van der Waals surface area contributed by atoms with Crippen molar-refractivity contribution in [3.8, 4) is 11.1 Å². The van der Waals surface area contributed by atoms with Crippen LogP contribution in [0, 0.1) is 19.7 Å². The SMILES string of the molecule is Cc1cc(F)cc(C)c1-c1cccc(C(N)CC(=O)O)c1. The van der Waals surface area contributed by atoms with Gasteiger partial charge in [-0.1, -0.05) is 18.2 Å². The zero-order chi connectivity index (χ0) is 15.6. The lowest BCUT2D eigenvalue weighted by molar-refractivity contribution is -0.137. The first kappa shape index (κ1) is 15.2. The van der Waals surface area contributed by atoms with Gasteiger partial charge >= 0.3 is 5.97 Å². The molecule has 0 spiro atoms. The summed E-state index contributed by atoms with van der Waals surface area (Å²) < 4.78 is 13.4. The fraction of sp³-hybridized carbons (Fsp3) is 0.235. The van der Waals surface area contributed by atoms with E-state index in [0.29, 0.717) is 0 Å². The van der Waals surface area contributed by atoms with Gasteiger partial charge in [0.15, 0.2) is 0 Å². The molecule has 0 saturated heterocycles. The number of nitrogens with two attached hydrogens (primary N) is 1. The third-order valence-corrected chi connectivity index (χ3v) is 3.50. The van der Waals surface area contributed by atoms with Gasteiger partial charge in [0.05, 0.1) is 6.42 Å². The number of aliphatic carboxylic acids is 1. The highest BCUT2D eigenvalue weighted by molar-refractivity contribution is 5.72. The summed E-state index contributed by atoms with van der Waals surface area (Å²) in [6, 6.07) is 9.88. The normalized spacial score (nSPS) is 12.2. The number of hydrogen-bond acceptors (Lipinski definition) is 2. The number of rotatable bonds is 4. The highest BCUT2D eigenvalue weighted by Gasteiger charge is 2.13. The van der Waals surface area contributed by atoms with Crippen LogP contribution < -0.4 is 5.73 Å². The number of hydrogen-bond donors (Lipinski definition) is 2. The molecule has 4 heteroatoms. The Labute approximate surface area is 123 Å². The van der Waals surface area contributed by atoms with E-state index in [1.54, 1.807) is 0 Å². The summed E-state index contributed by atoms with van der Waals surface area (Å²) in [5.74, 6) is -1.19. The van der Waals surface area contributed by atoms with E-state index < -0.39 is 12.0 Å². The zero-order valence-electron chi connectivity index (χ0n) is 12.1. The Kier molecular flexibility index (Phi) is 4.38. The molecule has 1 unspecified atom stereocenters. The van der Waals surface area contributed by atoms with E-state index in [4.69, 9.17) is 10.8 Å². The summed E-state index contributed by atoms with van der Waals surface area (Å²) in [7, 11) is 0. The van der Waals surface area contributed by atoms with Crippen molar-refractivity contribution in [2.45, 2.75) is 26.3 Å². The minimum Gasteiger partial charge on any atom is -0.481 e. The molecule has 0 radical (unpaired) electrons. The first-order chi connectivity index (χ1) is 9.88. The lowest BCUT2D eigenvalue weighted by Gasteiger charge is -2.14. The molecular weight excluding hydrogens is 269 g/mol. The smallest absolute Gasteiger partial charge is 0.305 e. The predicted octanol–water partition coefficient (Wildman–Crippen LogP) is 3.58. The Morgan fingerprint density at radius 2 is 1.86 bits per heavy atom. The van der Waals surface area contributed by atoms with Crippen molar-refractivity contribution in [2.24, 2.45) is 5.73 Å². The van der Waals surface area contributed by atoms with Gasteiger partial charge < -0.3 is 10.8 Å². The van der Waals surface area contributed by atoms with Crippen LogP contribution in [0.25, 0.3) is 11.1 Å². The van der Waals surface area contributed by atoms with Gasteiger partial charge in [-0.2, -0.15) is 0 Å². The van der Waals surface area contributed by atoms with Crippen molar-refractivity contribution in [3.63, 3.8) is 0 Å². The number of carboxylic acids is 1. The van der Waals surface area contributed by atoms with Gasteiger partial charge in [0.1, 0.15) is 5.82 Å². The largest absolute Gasteiger partial charge is 0.481 e. The van der Waals surface area contributed by atoms with Gasteiger partial charge in [0.2, 0.25) is 0 Å². The molecule has 2 aromatic rings. The monoisotopic (exact) mass is 287 g/mol. The molecule has 0 fully saturated rings. The van der Waals surface area contributed by atoms with Gasteiger partial charge in [0, 0.05) is 6.04 Å². The summed E-state index contributed by atoms with van der Waals surface area (Å²) in [4.78, 5) is 10.8. The standard InChI is InChI=1S/C17H18FNO2/c1-10-6-14(18)7-11(2)17(10)13-5-3-4-12(8-13)15(19)9-16(20)21/h3-8,15H,9,19H2,1-2H3,(H,20,21). The van der Waals surface area contributed by atoms with Gasteiger partial charge in [0.25, 0.3) is 0 Å². The number of halogens is 1. The maximum Gasteiger partial charge on any atom is 0.305 e. The van der Waals surface area contributed by atoms with Crippen molar-refractivity contribution in [1.29, 1.82) is 0 Å². The maximum atomic E-state index is 13.4. The van der Waals surface area contributed by atoms with Crippen LogP contribution in [0.5, 0.6) is 0 Å². The number of aryl methyl sites for hydroxylation is 2. The second kappa shape index (κ2) is 6.06. The molecule has 0 bridgehead atoms. The molecule has 110 valence electrons. The molecule has 0 aliphatic carbocycles. The topological polar surface area (TPSA) is 63.3 Å². The summed E-state index contributed by atoms with van der Waals surface area (Å²) in [6.07, 6.45) is -0.120. The highest BCUT2D eigenvalue weighted by atomic mass is 19.1. The Bertz CT molecular complexity index is 659. The molecule has 2 rings (SSSR count). The molecule has 0 aliphatic rings. The van der Waals surface area contributed by atoms with Crippen LogP contribution in [0.15, 0.2) is 36.4 Å². The van der Waals surface area contributed by atoms with E-state index in [2.05, 4.69) is 0 Å². The quantitative estimate of drug-likeness (QED) is 0.903. The second-order valence-corrected chi connectivity index (χ2v) is 5.24. The fourth-order valence-corrected chi connectivity index (χ4v) is 2.60. The van der Waals surface area contributed by atoms with Crippen molar-refractivity contribution in [1.82, 2.24) is 0 Å². The minimum absolute atomic E-state index is 0.120. The van der Waals surface area contributed by atoms with E-state index in [9.17, 15) is 9.18 Å². The van der Waals surface area contributed by atoms with E-state index >= 15 is 0 Å². The van der Waals surface area contributed by atoms with Crippen LogP contribution in [0.3, 0.4) is 0 Å². The van der Waals surface area contributed by atoms with Crippen LogP contribution in [0.4, 0.5) is 4.39 Å². The first-order valence-electron chi connectivity index (χ1n) is 6.73. The number of carboxylic acid groups (broad SMARTS) is 1. The van der Waals surface area contributed by atoms with Crippen LogP contribution in [-0.4, -0.2) is 11.1 Å². The second-order valence-electron chi connectivity index (χ2n) is 5.24. The van der Waals surface area contributed by atoms with Crippen LogP contribution in [0.1, 0.15) is 29.2 Å². The minimum atomic E-state index is -0.929. The van der Waals surface area contributed by atoms with E-state index in [1.807, 2.05) is 38.1 Å². The Morgan fingerprint density at radius 3 is 2.43 bits per heavy atom. The zero-order valence-corrected chi connectivity index (χ0v) is 12.1. The summed E-state index contributed by atoms with van der Waals surface area (Å²) in [6.45, 7) is 3.71. The molecular formula is C17H18FNO2. The molecule has 2 aromatic carbocycles. The third-order valence-electron chi connectivity index (χ3n) is 3.50. The average Bonchev–Trinajstić information content (AvgIpc) is 2.37. The summed E-state index contributed by atoms with van der Waals surface area (Å²) in [5, 5.41) is 8.83. The van der Waals surface area contributed by atoms with Crippen molar-refractivity contribution in [3.05, 3.63) is 58.9 Å². The molecule has 3 nitrogen and oxygen atoms in total. The molecule has 0 aliphatic heterocycles. The van der Waals surface area contributed by atoms with Crippen molar-refractivity contribution in [2.75, 3.05) is 0 Å². The Balaban J connectivity index is 2.45. The third kappa shape index (κ3) is 3.47. The van der Waals surface area contributed by atoms with Crippen LogP contribution in [0.2, 0.25) is 0 Å². The van der Waals surface area contributed by atoms with Gasteiger partial charge in [-0.15, -0.1) is 0 Å². The van der Waals surface area contributed by atoms with E-state index in [0.717, 1.165) is 27.8 Å². The van der Waals surface area contributed by atoms with Crippen LogP contribution >= 0.6 is 0 Å². The Morgan fingerprint density at radius 1 is 1.24 bits per heavy atom. The molecule has 0 aromatic heterocycles. The van der Waals surface area contributed by atoms with Crippen molar-refractivity contribution >= 4 is 5.97 Å².